The molecule has 0 spiro atoms. The van der Waals surface area contributed by atoms with Crippen molar-refractivity contribution >= 4 is 21.8 Å². The predicted molar refractivity (Wildman–Crippen MR) is 176 cm³/mol. The molecule has 0 atom stereocenters. The number of nitriles is 3. The van der Waals surface area contributed by atoms with Crippen molar-refractivity contribution in [3.8, 4) is 57.5 Å². The molecule has 2 aromatic heterocycles. The van der Waals surface area contributed by atoms with Gasteiger partial charge in [0.2, 0.25) is 0 Å². The van der Waals surface area contributed by atoms with Crippen LogP contribution in [-0.2, 0) is 0 Å². The molecule has 0 saturated carbocycles. The van der Waals surface area contributed by atoms with Gasteiger partial charge in [-0.2, -0.15) is 15.8 Å². The number of benzene rings is 5. The minimum absolute atomic E-state index is 0.527. The maximum Gasteiger partial charge on any atom is 0.161 e. The fourth-order valence-electron chi connectivity index (χ4n) is 5.93. The first-order chi connectivity index (χ1) is 21.9. The summed E-state index contributed by atoms with van der Waals surface area (Å²) in [5, 5.41) is 30.7. The van der Waals surface area contributed by atoms with E-state index < -0.39 is 0 Å². The highest BCUT2D eigenvalue weighted by Crippen LogP contribution is 2.39. The summed E-state index contributed by atoms with van der Waals surface area (Å²) in [6.07, 6.45) is 0. The Morgan fingerprint density at radius 1 is 0.489 bits per heavy atom. The molecule has 7 aromatic rings. The maximum atomic E-state index is 9.97. The Bertz CT molecular complexity index is 2280. The van der Waals surface area contributed by atoms with Gasteiger partial charge in [0.05, 0.1) is 51.6 Å². The van der Waals surface area contributed by atoms with Crippen LogP contribution in [0.15, 0.2) is 109 Å². The van der Waals surface area contributed by atoms with Gasteiger partial charge in [-0.1, -0.05) is 48.5 Å². The zero-order valence-corrected chi connectivity index (χ0v) is 24.6. The smallest absolute Gasteiger partial charge is 0.161 e. The molecule has 0 bridgehead atoms. The third kappa shape index (κ3) is 4.86. The van der Waals surface area contributed by atoms with Crippen molar-refractivity contribution in [2.45, 2.75) is 13.8 Å². The monoisotopic (exact) mass is 576 g/mol. The number of rotatable bonds is 4. The predicted octanol–water partition coefficient (Wildman–Crippen LogP) is 8.81. The van der Waals surface area contributed by atoms with Gasteiger partial charge < -0.3 is 4.57 Å². The van der Waals surface area contributed by atoms with Gasteiger partial charge >= 0.3 is 0 Å². The quantitative estimate of drug-likeness (QED) is 0.208. The van der Waals surface area contributed by atoms with Crippen LogP contribution in [0.5, 0.6) is 0 Å². The van der Waals surface area contributed by atoms with E-state index in [-0.39, 0.29) is 0 Å². The summed E-state index contributed by atoms with van der Waals surface area (Å²) in [4.78, 5) is 9.59. The van der Waals surface area contributed by atoms with Crippen LogP contribution in [0.2, 0.25) is 0 Å². The first-order valence-corrected chi connectivity index (χ1v) is 14.4. The highest BCUT2D eigenvalue weighted by Gasteiger charge is 2.19. The topological polar surface area (TPSA) is 102 Å². The second kappa shape index (κ2) is 10.9. The van der Waals surface area contributed by atoms with E-state index >= 15 is 0 Å². The molecule has 0 aliphatic carbocycles. The molecule has 0 radical (unpaired) electrons. The summed E-state index contributed by atoms with van der Waals surface area (Å²) in [6.45, 7) is 3.91. The molecule has 0 N–H and O–H groups in total. The van der Waals surface area contributed by atoms with E-state index in [2.05, 4.69) is 59.2 Å². The van der Waals surface area contributed by atoms with Gasteiger partial charge in [0.1, 0.15) is 0 Å². The summed E-state index contributed by atoms with van der Waals surface area (Å²) < 4.78 is 2.20. The van der Waals surface area contributed by atoms with E-state index in [0.717, 1.165) is 66.7 Å². The van der Waals surface area contributed by atoms with Crippen molar-refractivity contribution in [2.24, 2.45) is 0 Å². The van der Waals surface area contributed by atoms with Crippen LogP contribution in [0, 0.1) is 47.8 Å². The zero-order chi connectivity index (χ0) is 31.1. The van der Waals surface area contributed by atoms with Gasteiger partial charge in [-0.3, -0.25) is 0 Å². The third-order valence-electron chi connectivity index (χ3n) is 8.05. The Labute approximate surface area is 260 Å². The van der Waals surface area contributed by atoms with Crippen molar-refractivity contribution in [2.75, 3.05) is 0 Å². The van der Waals surface area contributed by atoms with Crippen LogP contribution in [0.3, 0.4) is 0 Å². The largest absolute Gasteiger partial charge is 0.308 e. The minimum atomic E-state index is 0.527. The van der Waals surface area contributed by atoms with E-state index in [4.69, 9.17) is 9.97 Å². The lowest BCUT2D eigenvalue weighted by Gasteiger charge is -2.15. The summed E-state index contributed by atoms with van der Waals surface area (Å²) >= 11 is 0. The van der Waals surface area contributed by atoms with Crippen molar-refractivity contribution in [3.05, 3.63) is 137 Å². The van der Waals surface area contributed by atoms with Crippen LogP contribution in [0.1, 0.15) is 28.1 Å². The molecule has 0 amide bonds. The first kappa shape index (κ1) is 27.3. The molecule has 6 nitrogen and oxygen atoms in total. The van der Waals surface area contributed by atoms with E-state index in [9.17, 15) is 15.8 Å². The van der Waals surface area contributed by atoms with Crippen molar-refractivity contribution in [1.82, 2.24) is 14.5 Å². The third-order valence-corrected chi connectivity index (χ3v) is 8.05. The minimum Gasteiger partial charge on any atom is -0.308 e. The molecule has 0 aliphatic rings. The van der Waals surface area contributed by atoms with Crippen molar-refractivity contribution < 1.29 is 0 Å². The lowest BCUT2D eigenvalue weighted by atomic mass is 10.0. The molecule has 0 unspecified atom stereocenters. The fraction of sp³-hybridized carbons (Fsp3) is 0.0513. The molecule has 0 aliphatic heterocycles. The first-order valence-electron chi connectivity index (χ1n) is 14.4. The number of hydrogen-bond acceptors (Lipinski definition) is 5. The highest BCUT2D eigenvalue weighted by atomic mass is 15.0. The summed E-state index contributed by atoms with van der Waals surface area (Å²) in [7, 11) is 0. The lowest BCUT2D eigenvalue weighted by Crippen LogP contribution is -2.02. The number of nitrogens with zero attached hydrogens (tertiary/aromatic N) is 6. The molecular formula is C39H24N6. The molecule has 7 rings (SSSR count). The zero-order valence-electron chi connectivity index (χ0n) is 24.6. The van der Waals surface area contributed by atoms with Crippen LogP contribution >= 0.6 is 0 Å². The molecule has 0 saturated heterocycles. The number of aromatic nitrogens is 3. The van der Waals surface area contributed by atoms with E-state index in [0.29, 0.717) is 22.5 Å². The second-order valence-electron chi connectivity index (χ2n) is 11.0. The van der Waals surface area contributed by atoms with Crippen molar-refractivity contribution in [3.63, 3.8) is 0 Å². The summed E-state index contributed by atoms with van der Waals surface area (Å²) in [5.41, 5.74) is 11.0. The van der Waals surface area contributed by atoms with E-state index in [1.807, 2.05) is 80.6 Å². The van der Waals surface area contributed by atoms with Crippen LogP contribution in [0.4, 0.5) is 0 Å². The standard InChI is InChI=1S/C39H24N6/c1-24-17-25(2)44-39(43-24)35-14-7-28(23-42)18-36(35)45-37-19-31(29-8-3-26(21-40)4-9-29)12-15-33(37)34-16-13-32(20-38(34)45)30-10-5-27(22-41)6-11-30/h3-20H,1-2H3. The van der Waals surface area contributed by atoms with Gasteiger partial charge in [-0.25, -0.2) is 9.97 Å². The Hall–Kier alpha value is -6.55. The molecular weight excluding hydrogens is 552 g/mol. The number of hydrogen-bond donors (Lipinski definition) is 0. The van der Waals surface area contributed by atoms with E-state index in [1.54, 1.807) is 6.07 Å². The van der Waals surface area contributed by atoms with Crippen LogP contribution < -0.4 is 0 Å². The van der Waals surface area contributed by atoms with Gasteiger partial charge in [0.25, 0.3) is 0 Å². The molecule has 45 heavy (non-hydrogen) atoms. The Kier molecular flexibility index (Phi) is 6.63. The molecule has 210 valence electrons. The molecule has 0 fully saturated rings. The summed E-state index contributed by atoms with van der Waals surface area (Å²) in [5.74, 6) is 0.591. The Morgan fingerprint density at radius 3 is 1.40 bits per heavy atom. The lowest BCUT2D eigenvalue weighted by molar-refractivity contribution is 1.05. The average Bonchev–Trinajstić information content (AvgIpc) is 3.40. The number of fused-ring (bicyclic) bond motifs is 3. The normalized spacial score (nSPS) is 10.8. The van der Waals surface area contributed by atoms with Gasteiger partial charge in [0.15, 0.2) is 5.82 Å². The fourth-order valence-corrected chi connectivity index (χ4v) is 5.93. The van der Waals surface area contributed by atoms with Crippen molar-refractivity contribution in [1.29, 1.82) is 15.8 Å². The second-order valence-corrected chi connectivity index (χ2v) is 11.0. The molecule has 6 heteroatoms. The Morgan fingerprint density at radius 2 is 0.933 bits per heavy atom. The van der Waals surface area contributed by atoms with Gasteiger partial charge in [0, 0.05) is 27.7 Å². The summed E-state index contributed by atoms with van der Waals surface area (Å²) in [6, 6.07) is 42.2. The maximum absolute atomic E-state index is 9.97. The van der Waals surface area contributed by atoms with Gasteiger partial charge in [-0.05, 0) is 96.8 Å². The van der Waals surface area contributed by atoms with Crippen LogP contribution in [0.25, 0.3) is 61.1 Å². The number of aryl methyl sites for hydroxylation is 2. The van der Waals surface area contributed by atoms with Crippen LogP contribution in [-0.4, -0.2) is 14.5 Å². The van der Waals surface area contributed by atoms with E-state index in [1.165, 1.54) is 0 Å². The highest BCUT2D eigenvalue weighted by molar-refractivity contribution is 6.11. The molecule has 5 aromatic carbocycles. The average molecular weight is 577 g/mol. The Balaban J connectivity index is 1.56. The SMILES string of the molecule is Cc1cc(C)nc(-c2ccc(C#N)cc2-n2c3cc(-c4ccc(C#N)cc4)ccc3c3ccc(-c4ccc(C#N)cc4)cc32)n1. The molecule has 2 heterocycles. The van der Waals surface area contributed by atoms with Gasteiger partial charge in [-0.15, -0.1) is 0 Å².